The first kappa shape index (κ1) is 30.0. The first-order valence-electron chi connectivity index (χ1n) is 9.29. The number of aliphatic hydroxyl groups is 1. The smallest absolute Gasteiger partial charge is 0.385 e. The Morgan fingerprint density at radius 3 is 1.82 bits per heavy atom. The molecule has 0 radical (unpaired) electrons. The van der Waals surface area contributed by atoms with Crippen molar-refractivity contribution >= 4 is 13.8 Å². The molecule has 0 aromatic heterocycles. The third-order valence-corrected chi connectivity index (χ3v) is 3.69. The lowest BCUT2D eigenvalue weighted by Crippen LogP contribution is -2.25. The molecule has 0 spiro atoms. The number of esters is 1. The normalized spacial score (nSPS) is 10.5. The van der Waals surface area contributed by atoms with Gasteiger partial charge < -0.3 is 28.7 Å². The fourth-order valence-corrected chi connectivity index (χ4v) is 2.06. The first-order chi connectivity index (χ1) is 16.3. The van der Waals surface area contributed by atoms with Crippen LogP contribution < -0.4 is 4.89 Å². The van der Waals surface area contributed by atoms with Gasteiger partial charge >= 0.3 is 5.97 Å². The SMILES string of the molecule is CC#CC#CC#CC#CC#CC#CC#CC#CC(=O)OCC(O)COP(=O)([O-])OCCN(C)C.[HH].[HH].[HH].[HH].[HH].[HH].[HH].[HH].[HH].[HH].[HH].[HH].[HH].[HH]. The van der Waals surface area contributed by atoms with Crippen molar-refractivity contribution in [2.24, 2.45) is 0 Å². The molecule has 8 nitrogen and oxygen atoms in total. The van der Waals surface area contributed by atoms with Gasteiger partial charge in [-0.1, -0.05) is 5.92 Å². The zero-order valence-electron chi connectivity index (χ0n) is 18.7. The average Bonchev–Trinajstić information content (AvgIpc) is 2.78. The summed E-state index contributed by atoms with van der Waals surface area (Å²) in [5.41, 5.74) is 0. The molecule has 0 aliphatic rings. The number of hydrogen-bond donors (Lipinski definition) is 1. The molecule has 0 aromatic carbocycles. The lowest BCUT2D eigenvalue weighted by atomic mass is 10.4. The number of aliphatic hydroxyl groups excluding tert-OH is 1. The van der Waals surface area contributed by atoms with Crippen molar-refractivity contribution in [2.75, 3.05) is 40.5 Å². The largest absolute Gasteiger partial charge is 0.756 e. The van der Waals surface area contributed by atoms with Crippen molar-refractivity contribution in [1.29, 1.82) is 0 Å². The number of phosphoric acid groups is 1. The van der Waals surface area contributed by atoms with Crippen LogP contribution >= 0.6 is 7.82 Å². The van der Waals surface area contributed by atoms with Gasteiger partial charge in [0.05, 0.1) is 13.2 Å². The van der Waals surface area contributed by atoms with Crippen molar-refractivity contribution in [3.8, 4) is 94.7 Å². The monoisotopic (exact) mass is 504 g/mol. The van der Waals surface area contributed by atoms with Crippen molar-refractivity contribution in [1.82, 2.24) is 4.90 Å². The molecule has 0 aromatic rings. The second kappa shape index (κ2) is 19.6. The van der Waals surface area contributed by atoms with E-state index in [1.54, 1.807) is 25.9 Å². The van der Waals surface area contributed by atoms with E-state index in [0.717, 1.165) is 0 Å². The molecule has 0 saturated carbocycles. The highest BCUT2D eigenvalue weighted by Crippen LogP contribution is 2.37. The molecule has 0 aliphatic carbocycles. The van der Waals surface area contributed by atoms with Gasteiger partial charge in [0.25, 0.3) is 7.82 Å². The molecule has 0 aliphatic heterocycles. The standard InChI is InChI=1S/C25H20NO7P.14H2/c1-4-5-6-7-8-9-10-11-12-13-14-15-16-17-18-19-25(28)31-22-24(27)23-33-34(29,30)32-21-20-26(2)3;;;;;;;;;;;;;;/h24,27H,20-23H2,1-3H3,(H,29,30);14*1H/p-1. The van der Waals surface area contributed by atoms with E-state index < -0.39 is 33.1 Å². The molecule has 2 unspecified atom stereocenters. The molecular weight excluding hydrogens is 457 g/mol. The maximum Gasteiger partial charge on any atom is 0.385 e. The number of carbonyl (C=O) groups is 1. The predicted molar refractivity (Wildman–Crippen MR) is 153 cm³/mol. The fourth-order valence-electron chi connectivity index (χ4n) is 1.33. The molecule has 0 heterocycles. The van der Waals surface area contributed by atoms with Crippen molar-refractivity contribution in [2.45, 2.75) is 13.0 Å². The summed E-state index contributed by atoms with van der Waals surface area (Å²) in [6.07, 6.45) is -1.39. The molecular formula is C25H47NO7P-. The summed E-state index contributed by atoms with van der Waals surface area (Å²) in [5, 5.41) is 9.62. The number of phosphoric ester groups is 1. The summed E-state index contributed by atoms with van der Waals surface area (Å²) >= 11 is 0. The Morgan fingerprint density at radius 1 is 0.882 bits per heavy atom. The molecule has 0 amide bonds. The highest BCUT2D eigenvalue weighted by Gasteiger charge is 2.14. The Kier molecular flexibility index (Phi) is 17.3. The summed E-state index contributed by atoms with van der Waals surface area (Å²) in [5.74, 6) is 37.5. The third kappa shape index (κ3) is 21.2. The second-order valence-electron chi connectivity index (χ2n) is 5.76. The van der Waals surface area contributed by atoms with E-state index in [1.165, 1.54) is 0 Å². The van der Waals surface area contributed by atoms with Crippen molar-refractivity contribution in [3.63, 3.8) is 0 Å². The van der Waals surface area contributed by atoms with Crippen molar-refractivity contribution in [3.05, 3.63) is 0 Å². The van der Waals surface area contributed by atoms with Crippen LogP contribution in [-0.4, -0.2) is 62.5 Å². The highest BCUT2D eigenvalue weighted by molar-refractivity contribution is 7.45. The summed E-state index contributed by atoms with van der Waals surface area (Å²) in [6.45, 7) is 0.771. The number of ether oxygens (including phenoxy) is 1. The van der Waals surface area contributed by atoms with Gasteiger partial charge in [0, 0.05) is 32.4 Å². The van der Waals surface area contributed by atoms with Gasteiger partial charge in [-0.25, -0.2) is 4.79 Å². The minimum Gasteiger partial charge on any atom is -0.756 e. The lowest BCUT2D eigenvalue weighted by Gasteiger charge is -2.24. The number of rotatable bonds is 9. The Morgan fingerprint density at radius 2 is 1.35 bits per heavy atom. The van der Waals surface area contributed by atoms with Crippen LogP contribution in [0.5, 0.6) is 0 Å². The van der Waals surface area contributed by atoms with E-state index in [9.17, 15) is 19.4 Å². The minimum absolute atomic E-state index is 0. The molecule has 2 atom stereocenters. The minimum atomic E-state index is -4.56. The second-order valence-corrected chi connectivity index (χ2v) is 7.17. The number of carbonyl (C=O) groups excluding carboxylic acids is 1. The van der Waals surface area contributed by atoms with Crippen LogP contribution in [0.1, 0.15) is 26.9 Å². The van der Waals surface area contributed by atoms with E-state index >= 15 is 0 Å². The van der Waals surface area contributed by atoms with Crippen LogP contribution in [0.4, 0.5) is 0 Å². The Balaban J connectivity index is -0.0000000598. The summed E-state index contributed by atoms with van der Waals surface area (Å²) in [7, 11) is -1.08. The Hall–Kier alpha value is -4.02. The van der Waals surface area contributed by atoms with Crippen LogP contribution in [0, 0.1) is 94.7 Å². The van der Waals surface area contributed by atoms with Crippen LogP contribution in [0.25, 0.3) is 0 Å². The van der Waals surface area contributed by atoms with Crippen LogP contribution in [0.15, 0.2) is 0 Å². The zero-order valence-corrected chi connectivity index (χ0v) is 19.6. The Bertz CT molecular complexity index is 1300. The van der Waals surface area contributed by atoms with E-state index in [0.29, 0.717) is 6.54 Å². The summed E-state index contributed by atoms with van der Waals surface area (Å²) in [6, 6.07) is 0. The van der Waals surface area contributed by atoms with Gasteiger partial charge in [-0.3, -0.25) is 4.57 Å². The molecule has 0 rings (SSSR count). The number of nitrogens with zero attached hydrogens (tertiary/aromatic N) is 1. The van der Waals surface area contributed by atoms with Gasteiger partial charge in [-0.2, -0.15) is 0 Å². The number of likely N-dealkylation sites (N-methyl/N-ethyl adjacent to an activating group) is 1. The van der Waals surface area contributed by atoms with E-state index in [4.69, 9.17) is 0 Å². The van der Waals surface area contributed by atoms with Crippen molar-refractivity contribution < 1.29 is 53.1 Å². The van der Waals surface area contributed by atoms with Crippen LogP contribution in [0.3, 0.4) is 0 Å². The molecule has 0 fully saturated rings. The summed E-state index contributed by atoms with van der Waals surface area (Å²) < 4.78 is 25.2. The maximum atomic E-state index is 11.5. The van der Waals surface area contributed by atoms with E-state index in [-0.39, 0.29) is 26.6 Å². The third-order valence-electron chi connectivity index (χ3n) is 2.72. The van der Waals surface area contributed by atoms with Crippen LogP contribution in [-0.2, 0) is 23.1 Å². The molecule has 1 N–H and O–H groups in total. The first-order valence-corrected chi connectivity index (χ1v) is 10.8. The molecule has 9 heteroatoms. The quantitative estimate of drug-likeness (QED) is 0.221. The van der Waals surface area contributed by atoms with Gasteiger partial charge in [-0.15, -0.1) is 0 Å². The predicted octanol–water partition coefficient (Wildman–Crippen LogP) is 2.44. The zero-order chi connectivity index (χ0) is 25.5. The van der Waals surface area contributed by atoms with Gasteiger partial charge in [0.15, 0.2) is 0 Å². The topological polar surface area (TPSA) is 108 Å². The molecule has 200 valence electrons. The number of hydrogen-bond acceptors (Lipinski definition) is 8. The Labute approximate surface area is 221 Å². The average molecular weight is 505 g/mol. The fraction of sp³-hybridized carbons (Fsp3) is 0.320. The highest BCUT2D eigenvalue weighted by atomic mass is 31.2. The maximum absolute atomic E-state index is 11.5. The lowest BCUT2D eigenvalue weighted by molar-refractivity contribution is -0.227. The van der Waals surface area contributed by atoms with E-state index in [1.807, 2.05) is 5.92 Å². The molecule has 34 heavy (non-hydrogen) atoms. The van der Waals surface area contributed by atoms with Crippen LogP contribution in [0.2, 0.25) is 0 Å². The van der Waals surface area contributed by atoms with Gasteiger partial charge in [-0.05, 0) is 104 Å². The van der Waals surface area contributed by atoms with Gasteiger partial charge in [0.1, 0.15) is 12.7 Å². The molecule has 0 bridgehead atoms. The van der Waals surface area contributed by atoms with Gasteiger partial charge in [0.2, 0.25) is 0 Å². The summed E-state index contributed by atoms with van der Waals surface area (Å²) in [4.78, 5) is 24.6. The molecule has 0 saturated heterocycles. The van der Waals surface area contributed by atoms with E-state index in [2.05, 4.69) is 103 Å².